The molecular weight excluding hydrogens is 442 g/mol. The van der Waals surface area contributed by atoms with Crippen molar-refractivity contribution in [1.29, 1.82) is 0 Å². The third kappa shape index (κ3) is 5.14. The molecule has 0 unspecified atom stereocenters. The first-order chi connectivity index (χ1) is 13.3. The molecule has 1 saturated carbocycles. The van der Waals surface area contributed by atoms with E-state index in [-0.39, 0.29) is 11.9 Å². The Kier molecular flexibility index (Phi) is 7.17. The van der Waals surface area contributed by atoms with E-state index in [2.05, 4.69) is 35.1 Å². The highest BCUT2D eigenvalue weighted by Gasteiger charge is 2.31. The first kappa shape index (κ1) is 21.7. The summed E-state index contributed by atoms with van der Waals surface area (Å²) in [6.45, 7) is 6.75. The first-order valence-electron chi connectivity index (χ1n) is 10.0. The highest BCUT2D eigenvalue weighted by Crippen LogP contribution is 2.29. The Morgan fingerprint density at radius 3 is 2.57 bits per heavy atom. The molecule has 2 fully saturated rings. The number of carbonyl (C=O) groups excluding carboxylic acids is 1. The average Bonchev–Trinajstić information content (AvgIpc) is 2.66. The molecule has 1 heterocycles. The van der Waals surface area contributed by atoms with Gasteiger partial charge in [0.25, 0.3) is 0 Å². The predicted octanol–water partition coefficient (Wildman–Crippen LogP) is 2.70. The van der Waals surface area contributed by atoms with Crippen molar-refractivity contribution in [3.63, 3.8) is 0 Å². The third-order valence-electron chi connectivity index (χ3n) is 6.19. The van der Waals surface area contributed by atoms with E-state index in [1.165, 1.54) is 17.1 Å². The number of benzene rings is 1. The summed E-state index contributed by atoms with van der Waals surface area (Å²) in [6, 6.07) is 7.04. The van der Waals surface area contributed by atoms with Crippen molar-refractivity contribution in [2.75, 3.05) is 32.7 Å². The zero-order valence-corrected chi connectivity index (χ0v) is 19.0. The second kappa shape index (κ2) is 9.24. The van der Waals surface area contributed by atoms with Crippen LogP contribution in [0.15, 0.2) is 33.6 Å². The van der Waals surface area contributed by atoms with Crippen LogP contribution >= 0.6 is 15.9 Å². The molecule has 1 aliphatic heterocycles. The van der Waals surface area contributed by atoms with Gasteiger partial charge in [-0.3, -0.25) is 9.69 Å². The molecule has 1 aliphatic carbocycles. The SMILES string of the molecule is C[C@H]1[C@H](C)CCC[C@@H]1NC(=O)CN1CCN(S(=O)(=O)c2cccc(Br)c2)CC1. The first-order valence-corrected chi connectivity index (χ1v) is 12.3. The molecule has 0 bridgehead atoms. The summed E-state index contributed by atoms with van der Waals surface area (Å²) >= 11 is 3.33. The van der Waals surface area contributed by atoms with Gasteiger partial charge in [0.1, 0.15) is 0 Å². The lowest BCUT2D eigenvalue weighted by atomic mass is 9.78. The van der Waals surface area contributed by atoms with Crippen LogP contribution in [0.1, 0.15) is 33.1 Å². The Labute approximate surface area is 176 Å². The minimum Gasteiger partial charge on any atom is -0.352 e. The molecule has 0 spiro atoms. The molecule has 1 saturated heterocycles. The molecule has 3 rings (SSSR count). The van der Waals surface area contributed by atoms with E-state index in [1.807, 2.05) is 11.0 Å². The minimum atomic E-state index is -3.50. The summed E-state index contributed by atoms with van der Waals surface area (Å²) in [5.41, 5.74) is 0. The molecule has 0 aromatic heterocycles. The maximum Gasteiger partial charge on any atom is 0.243 e. The zero-order valence-electron chi connectivity index (χ0n) is 16.6. The van der Waals surface area contributed by atoms with Crippen LogP contribution in [0.25, 0.3) is 0 Å². The van der Waals surface area contributed by atoms with Gasteiger partial charge in [-0.15, -0.1) is 0 Å². The van der Waals surface area contributed by atoms with E-state index < -0.39 is 10.0 Å². The molecule has 1 amide bonds. The van der Waals surface area contributed by atoms with Crippen molar-refractivity contribution < 1.29 is 13.2 Å². The molecule has 1 aromatic rings. The van der Waals surface area contributed by atoms with Crippen molar-refractivity contribution in [3.05, 3.63) is 28.7 Å². The monoisotopic (exact) mass is 471 g/mol. The Balaban J connectivity index is 1.50. The number of hydrogen-bond donors (Lipinski definition) is 1. The fourth-order valence-electron chi connectivity index (χ4n) is 4.15. The van der Waals surface area contributed by atoms with Crippen molar-refractivity contribution in [1.82, 2.24) is 14.5 Å². The Morgan fingerprint density at radius 1 is 1.18 bits per heavy atom. The molecule has 156 valence electrons. The molecule has 2 aliphatic rings. The highest BCUT2D eigenvalue weighted by molar-refractivity contribution is 9.10. The van der Waals surface area contributed by atoms with Crippen LogP contribution in [0.2, 0.25) is 0 Å². The van der Waals surface area contributed by atoms with Crippen LogP contribution in [0.4, 0.5) is 0 Å². The van der Waals surface area contributed by atoms with Crippen molar-refractivity contribution in [3.8, 4) is 0 Å². The van der Waals surface area contributed by atoms with Gasteiger partial charge in [0.15, 0.2) is 0 Å². The summed E-state index contributed by atoms with van der Waals surface area (Å²) in [4.78, 5) is 14.8. The van der Waals surface area contributed by atoms with Gasteiger partial charge in [-0.2, -0.15) is 4.31 Å². The van der Waals surface area contributed by atoms with E-state index in [9.17, 15) is 13.2 Å². The third-order valence-corrected chi connectivity index (χ3v) is 8.57. The molecule has 1 aromatic carbocycles. The number of nitrogens with zero attached hydrogens (tertiary/aromatic N) is 2. The predicted molar refractivity (Wildman–Crippen MR) is 113 cm³/mol. The fraction of sp³-hybridized carbons (Fsp3) is 0.650. The van der Waals surface area contributed by atoms with Gasteiger partial charge >= 0.3 is 0 Å². The van der Waals surface area contributed by atoms with Crippen molar-refractivity contribution in [2.45, 2.75) is 44.0 Å². The summed E-state index contributed by atoms with van der Waals surface area (Å²) in [6.07, 6.45) is 3.46. The standard InChI is InChI=1S/C20H30BrN3O3S/c1-15-5-3-8-19(16(15)2)22-20(25)14-23-9-11-24(12-10-23)28(26,27)18-7-4-6-17(21)13-18/h4,6-7,13,15-16,19H,3,5,8-12,14H2,1-2H3,(H,22,25)/t15-,16+,19+/m1/s1. The number of piperazine rings is 1. The van der Waals surface area contributed by atoms with Crippen LogP contribution in [0, 0.1) is 11.8 Å². The van der Waals surface area contributed by atoms with Gasteiger partial charge in [0.05, 0.1) is 11.4 Å². The normalized spacial score (nSPS) is 27.5. The quantitative estimate of drug-likeness (QED) is 0.716. The Morgan fingerprint density at radius 2 is 1.89 bits per heavy atom. The second-order valence-corrected chi connectivity index (χ2v) is 10.9. The van der Waals surface area contributed by atoms with Gasteiger partial charge in [-0.1, -0.05) is 48.7 Å². The van der Waals surface area contributed by atoms with E-state index >= 15 is 0 Å². The number of halogens is 1. The van der Waals surface area contributed by atoms with Gasteiger partial charge in [0.2, 0.25) is 15.9 Å². The molecule has 28 heavy (non-hydrogen) atoms. The van der Waals surface area contributed by atoms with Gasteiger partial charge in [-0.25, -0.2) is 8.42 Å². The lowest BCUT2D eigenvalue weighted by molar-refractivity contribution is -0.124. The van der Waals surface area contributed by atoms with Gasteiger partial charge in [-0.05, 0) is 36.5 Å². The molecular formula is C20H30BrN3O3S. The van der Waals surface area contributed by atoms with E-state index in [1.54, 1.807) is 18.2 Å². The minimum absolute atomic E-state index is 0.0502. The fourth-order valence-corrected chi connectivity index (χ4v) is 6.17. The largest absolute Gasteiger partial charge is 0.352 e. The number of nitrogens with one attached hydrogen (secondary N) is 1. The molecule has 3 atom stereocenters. The number of rotatable bonds is 5. The van der Waals surface area contributed by atoms with Crippen molar-refractivity contribution in [2.24, 2.45) is 11.8 Å². The Hall–Kier alpha value is -0.960. The molecule has 0 radical (unpaired) electrons. The zero-order chi connectivity index (χ0) is 20.3. The molecule has 6 nitrogen and oxygen atoms in total. The molecule has 1 N–H and O–H groups in total. The number of hydrogen-bond acceptors (Lipinski definition) is 4. The average molecular weight is 472 g/mol. The Bertz CT molecular complexity index is 794. The summed E-state index contributed by atoms with van der Waals surface area (Å²) in [5, 5.41) is 3.20. The maximum absolute atomic E-state index is 12.8. The smallest absolute Gasteiger partial charge is 0.243 e. The summed E-state index contributed by atoms with van der Waals surface area (Å²) < 4.78 is 27.9. The van der Waals surface area contributed by atoms with E-state index in [0.717, 1.165) is 10.9 Å². The lowest BCUT2D eigenvalue weighted by Gasteiger charge is -2.36. The summed E-state index contributed by atoms with van der Waals surface area (Å²) in [5.74, 6) is 1.20. The van der Waals surface area contributed by atoms with Gasteiger partial charge < -0.3 is 5.32 Å². The lowest BCUT2D eigenvalue weighted by Crippen LogP contribution is -2.52. The topological polar surface area (TPSA) is 69.7 Å². The van der Waals surface area contributed by atoms with Crippen LogP contribution in [0.3, 0.4) is 0 Å². The van der Waals surface area contributed by atoms with E-state index in [0.29, 0.717) is 49.5 Å². The van der Waals surface area contributed by atoms with Crippen LogP contribution in [0.5, 0.6) is 0 Å². The van der Waals surface area contributed by atoms with Crippen LogP contribution in [-0.4, -0.2) is 62.3 Å². The maximum atomic E-state index is 12.8. The van der Waals surface area contributed by atoms with Crippen molar-refractivity contribution >= 4 is 31.9 Å². The van der Waals surface area contributed by atoms with E-state index in [4.69, 9.17) is 0 Å². The van der Waals surface area contributed by atoms with Gasteiger partial charge in [0, 0.05) is 36.7 Å². The highest BCUT2D eigenvalue weighted by atomic mass is 79.9. The number of carbonyl (C=O) groups is 1. The molecule has 8 heteroatoms. The van der Waals surface area contributed by atoms with Crippen LogP contribution < -0.4 is 5.32 Å². The number of sulfonamides is 1. The second-order valence-electron chi connectivity index (χ2n) is 8.08. The van der Waals surface area contributed by atoms with Crippen LogP contribution in [-0.2, 0) is 14.8 Å². The summed E-state index contributed by atoms with van der Waals surface area (Å²) in [7, 11) is -3.50. The number of amides is 1.